The van der Waals surface area contributed by atoms with Crippen molar-refractivity contribution in [3.63, 3.8) is 0 Å². The first-order chi connectivity index (χ1) is 18.5. The van der Waals surface area contributed by atoms with E-state index < -0.39 is 79.1 Å². The molecule has 210 valence electrons. The Morgan fingerprint density at radius 3 is 2.00 bits per heavy atom. The number of carbonyl (C=O) groups is 6. The van der Waals surface area contributed by atoms with Crippen LogP contribution in [-0.4, -0.2) is 85.1 Å². The van der Waals surface area contributed by atoms with Crippen LogP contribution in [0.25, 0.3) is 0 Å². The van der Waals surface area contributed by atoms with Crippen LogP contribution in [0.2, 0.25) is 0 Å². The van der Waals surface area contributed by atoms with Crippen molar-refractivity contribution < 1.29 is 44.1 Å². The molecule has 9 N–H and O–H groups in total. The fourth-order valence-corrected chi connectivity index (χ4v) is 3.52. The number of benzene rings is 1. The second-order valence-corrected chi connectivity index (χ2v) is 8.63. The van der Waals surface area contributed by atoms with Crippen molar-refractivity contribution in [2.45, 2.75) is 56.3 Å². The van der Waals surface area contributed by atoms with Crippen molar-refractivity contribution in [3.8, 4) is 0 Å². The van der Waals surface area contributed by atoms with Crippen LogP contribution in [0.5, 0.6) is 0 Å². The summed E-state index contributed by atoms with van der Waals surface area (Å²) in [6.45, 7) is 0. The van der Waals surface area contributed by atoms with Crippen LogP contribution in [0.15, 0.2) is 42.9 Å². The Bertz CT molecular complexity index is 1160. The van der Waals surface area contributed by atoms with E-state index in [4.69, 9.17) is 10.8 Å². The van der Waals surface area contributed by atoms with Gasteiger partial charge in [-0.2, -0.15) is 0 Å². The number of carboxylic acids is 3. The van der Waals surface area contributed by atoms with E-state index >= 15 is 0 Å². The maximum Gasteiger partial charge on any atom is 0.326 e. The molecule has 2 aromatic rings. The Morgan fingerprint density at radius 2 is 1.44 bits per heavy atom. The number of imidazole rings is 1. The summed E-state index contributed by atoms with van der Waals surface area (Å²) in [7, 11) is 0. The first-order valence-corrected chi connectivity index (χ1v) is 11.8. The van der Waals surface area contributed by atoms with E-state index in [2.05, 4.69) is 25.9 Å². The minimum Gasteiger partial charge on any atom is -0.481 e. The van der Waals surface area contributed by atoms with E-state index in [1.807, 2.05) is 0 Å². The third kappa shape index (κ3) is 10.6. The highest BCUT2D eigenvalue weighted by atomic mass is 16.4. The molecule has 0 fully saturated rings. The van der Waals surface area contributed by atoms with Crippen molar-refractivity contribution in [1.29, 1.82) is 0 Å². The molecule has 0 saturated heterocycles. The molecule has 2 rings (SSSR count). The van der Waals surface area contributed by atoms with E-state index in [-0.39, 0.29) is 12.8 Å². The van der Waals surface area contributed by atoms with Gasteiger partial charge in [0.05, 0.1) is 18.8 Å². The maximum atomic E-state index is 12.9. The van der Waals surface area contributed by atoms with Gasteiger partial charge in [0, 0.05) is 24.7 Å². The molecule has 0 aliphatic heterocycles. The molecule has 4 unspecified atom stereocenters. The molecular weight excluding hydrogens is 516 g/mol. The van der Waals surface area contributed by atoms with Crippen LogP contribution in [0.1, 0.15) is 30.5 Å². The maximum absolute atomic E-state index is 12.9. The zero-order valence-electron chi connectivity index (χ0n) is 20.7. The monoisotopic (exact) mass is 546 g/mol. The predicted molar refractivity (Wildman–Crippen MR) is 133 cm³/mol. The topological polar surface area (TPSA) is 254 Å². The molecule has 0 spiro atoms. The van der Waals surface area contributed by atoms with Gasteiger partial charge in [0.2, 0.25) is 17.7 Å². The number of aliphatic carboxylic acids is 3. The average Bonchev–Trinajstić information content (AvgIpc) is 3.38. The molecule has 0 radical (unpaired) electrons. The number of rotatable bonds is 16. The van der Waals surface area contributed by atoms with E-state index in [9.17, 15) is 39.0 Å². The third-order valence-electron chi connectivity index (χ3n) is 5.52. The number of aromatic amines is 1. The van der Waals surface area contributed by atoms with Crippen molar-refractivity contribution in [3.05, 3.63) is 54.1 Å². The van der Waals surface area contributed by atoms with Gasteiger partial charge >= 0.3 is 17.9 Å². The number of hydrogen-bond donors (Lipinski definition) is 8. The van der Waals surface area contributed by atoms with Gasteiger partial charge in [-0.15, -0.1) is 0 Å². The third-order valence-corrected chi connectivity index (χ3v) is 5.52. The van der Waals surface area contributed by atoms with Crippen molar-refractivity contribution in [1.82, 2.24) is 25.9 Å². The lowest BCUT2D eigenvalue weighted by Crippen LogP contribution is -2.57. The van der Waals surface area contributed by atoms with Crippen LogP contribution in [0, 0.1) is 0 Å². The molecule has 0 aliphatic carbocycles. The molecule has 1 heterocycles. The average molecular weight is 547 g/mol. The summed E-state index contributed by atoms with van der Waals surface area (Å²) in [5.74, 6) is -7.07. The van der Waals surface area contributed by atoms with Crippen molar-refractivity contribution in [2.24, 2.45) is 5.73 Å². The normalized spacial score (nSPS) is 13.8. The van der Waals surface area contributed by atoms with Crippen LogP contribution in [0.3, 0.4) is 0 Å². The number of nitrogens with zero attached hydrogens (tertiary/aromatic N) is 1. The first-order valence-electron chi connectivity index (χ1n) is 11.8. The molecule has 4 atom stereocenters. The van der Waals surface area contributed by atoms with Gasteiger partial charge in [0.25, 0.3) is 0 Å². The van der Waals surface area contributed by atoms with Gasteiger partial charge in [-0.25, -0.2) is 9.78 Å². The van der Waals surface area contributed by atoms with E-state index in [1.54, 1.807) is 30.3 Å². The van der Waals surface area contributed by atoms with E-state index in [0.29, 0.717) is 5.69 Å². The molecule has 0 aliphatic rings. The number of carboxylic acid groups (broad SMARTS) is 3. The van der Waals surface area contributed by atoms with E-state index in [1.165, 1.54) is 12.5 Å². The minimum atomic E-state index is -1.66. The van der Waals surface area contributed by atoms with Crippen molar-refractivity contribution >= 4 is 35.6 Å². The van der Waals surface area contributed by atoms with Gasteiger partial charge in [0.1, 0.15) is 18.1 Å². The Kier molecular flexibility index (Phi) is 11.6. The second-order valence-electron chi connectivity index (χ2n) is 8.63. The summed E-state index contributed by atoms with van der Waals surface area (Å²) < 4.78 is 0. The molecule has 15 nitrogen and oxygen atoms in total. The molecular formula is C24H30N6O9. The number of carbonyl (C=O) groups excluding carboxylic acids is 3. The Balaban J connectivity index is 2.13. The predicted octanol–water partition coefficient (Wildman–Crippen LogP) is -1.60. The minimum absolute atomic E-state index is 0.102. The molecule has 1 aromatic carbocycles. The van der Waals surface area contributed by atoms with Gasteiger partial charge in [-0.05, 0) is 18.4 Å². The lowest BCUT2D eigenvalue weighted by Gasteiger charge is -2.24. The Hall–Kier alpha value is -4.79. The molecule has 39 heavy (non-hydrogen) atoms. The van der Waals surface area contributed by atoms with Gasteiger partial charge < -0.3 is 42.0 Å². The van der Waals surface area contributed by atoms with Crippen LogP contribution < -0.4 is 21.7 Å². The lowest BCUT2D eigenvalue weighted by atomic mass is 10.0. The molecule has 1 aromatic heterocycles. The van der Waals surface area contributed by atoms with E-state index in [0.717, 1.165) is 5.56 Å². The number of H-pyrrole nitrogens is 1. The standard InChI is InChI=1S/C24H30N6O9/c25-15(8-13-4-2-1-3-5-13)21(35)29-17(10-20(33)34)23(37)28-16(6-7-19(31)32)22(36)30-18(24(38)39)9-14-11-26-12-27-14/h1-5,11-12,15-18H,6-10,25H2,(H,26,27)(H,28,37)(H,29,35)(H,30,36)(H,31,32)(H,33,34)(H,38,39). The fourth-order valence-electron chi connectivity index (χ4n) is 3.52. The number of aromatic nitrogens is 2. The van der Waals surface area contributed by atoms with Gasteiger partial charge in [-0.1, -0.05) is 30.3 Å². The van der Waals surface area contributed by atoms with Crippen LogP contribution in [0.4, 0.5) is 0 Å². The summed E-state index contributed by atoms with van der Waals surface area (Å²) >= 11 is 0. The number of nitrogens with one attached hydrogen (secondary N) is 4. The van der Waals surface area contributed by atoms with Gasteiger partial charge in [0.15, 0.2) is 0 Å². The quantitative estimate of drug-likeness (QED) is 0.119. The summed E-state index contributed by atoms with van der Waals surface area (Å²) in [6.07, 6.45) is 0.712. The Morgan fingerprint density at radius 1 is 0.821 bits per heavy atom. The molecule has 15 heteroatoms. The van der Waals surface area contributed by atoms with Crippen LogP contribution in [-0.2, 0) is 41.6 Å². The molecule has 0 saturated carbocycles. The number of hydrogen-bond acceptors (Lipinski definition) is 8. The molecule has 0 bridgehead atoms. The first kappa shape index (κ1) is 30.4. The lowest BCUT2D eigenvalue weighted by molar-refractivity contribution is -0.143. The number of amides is 3. The largest absolute Gasteiger partial charge is 0.481 e. The zero-order valence-corrected chi connectivity index (χ0v) is 20.7. The second kappa shape index (κ2) is 14.8. The summed E-state index contributed by atoms with van der Waals surface area (Å²) in [5.41, 5.74) is 7.04. The molecule has 3 amide bonds. The highest BCUT2D eigenvalue weighted by Crippen LogP contribution is 2.06. The SMILES string of the molecule is NC(Cc1ccccc1)C(=O)NC(CC(=O)O)C(=O)NC(CCC(=O)O)C(=O)NC(Cc1cnc[nH]1)C(=O)O. The smallest absolute Gasteiger partial charge is 0.326 e. The highest BCUT2D eigenvalue weighted by molar-refractivity contribution is 5.95. The highest BCUT2D eigenvalue weighted by Gasteiger charge is 2.32. The van der Waals surface area contributed by atoms with Crippen LogP contribution >= 0.6 is 0 Å². The summed E-state index contributed by atoms with van der Waals surface area (Å²) in [5, 5.41) is 34.5. The summed E-state index contributed by atoms with van der Waals surface area (Å²) in [4.78, 5) is 79.0. The number of nitrogens with two attached hydrogens (primary N) is 1. The summed E-state index contributed by atoms with van der Waals surface area (Å²) in [6, 6.07) is 2.94. The Labute approximate surface area is 222 Å². The van der Waals surface area contributed by atoms with Crippen molar-refractivity contribution in [2.75, 3.05) is 0 Å². The van der Waals surface area contributed by atoms with Gasteiger partial charge in [-0.3, -0.25) is 24.0 Å². The fraction of sp³-hybridized carbons (Fsp3) is 0.375. The zero-order chi connectivity index (χ0) is 28.9.